The molecule has 0 radical (unpaired) electrons. The van der Waals surface area contributed by atoms with Gasteiger partial charge in [-0.05, 0) is 30.7 Å². The van der Waals surface area contributed by atoms with E-state index >= 15 is 0 Å². The number of carbonyl (C=O) groups is 1. The topological polar surface area (TPSA) is 111 Å². The summed E-state index contributed by atoms with van der Waals surface area (Å²) in [4.78, 5) is 26.2. The first-order chi connectivity index (χ1) is 10.9. The molecule has 0 aliphatic rings. The second-order valence-electron chi connectivity index (χ2n) is 5.00. The zero-order valence-corrected chi connectivity index (χ0v) is 13.2. The molecular formula is C15H16N4O3S. The van der Waals surface area contributed by atoms with Crippen molar-refractivity contribution in [2.75, 3.05) is 5.32 Å². The fourth-order valence-electron chi connectivity index (χ4n) is 1.81. The number of hydrogen-bond acceptors (Lipinski definition) is 6. The molecule has 3 N–H and O–H groups in total. The molecule has 1 amide bonds. The fourth-order valence-corrected chi connectivity index (χ4v) is 2.54. The van der Waals surface area contributed by atoms with Crippen molar-refractivity contribution in [3.8, 4) is 0 Å². The molecule has 23 heavy (non-hydrogen) atoms. The molecule has 1 unspecified atom stereocenters. The summed E-state index contributed by atoms with van der Waals surface area (Å²) in [5.41, 5.74) is 7.25. The monoisotopic (exact) mass is 332 g/mol. The Kier molecular flexibility index (Phi) is 5.56. The fraction of sp³-hybridized carbons (Fsp3) is 0.200. The van der Waals surface area contributed by atoms with Gasteiger partial charge in [-0.2, -0.15) is 0 Å². The van der Waals surface area contributed by atoms with Gasteiger partial charge in [0.1, 0.15) is 0 Å². The molecule has 1 heterocycles. The number of nitrogens with zero attached hydrogens (tertiary/aromatic N) is 2. The zero-order chi connectivity index (χ0) is 16.8. The van der Waals surface area contributed by atoms with Crippen LogP contribution < -0.4 is 11.1 Å². The first kappa shape index (κ1) is 16.8. The number of thiazole rings is 1. The summed E-state index contributed by atoms with van der Waals surface area (Å²) in [5, 5.41) is 15.6. The van der Waals surface area contributed by atoms with Crippen molar-refractivity contribution in [3.63, 3.8) is 0 Å². The number of benzene rings is 1. The molecule has 0 saturated carbocycles. The van der Waals surface area contributed by atoms with Gasteiger partial charge < -0.3 is 5.73 Å². The van der Waals surface area contributed by atoms with E-state index in [2.05, 4.69) is 10.3 Å². The molecule has 2 rings (SSSR count). The van der Waals surface area contributed by atoms with Crippen LogP contribution in [0.4, 0.5) is 10.8 Å². The average molecular weight is 332 g/mol. The van der Waals surface area contributed by atoms with E-state index in [0.29, 0.717) is 17.1 Å². The van der Waals surface area contributed by atoms with Gasteiger partial charge in [0.2, 0.25) is 5.91 Å². The molecule has 0 aliphatic carbocycles. The summed E-state index contributed by atoms with van der Waals surface area (Å²) >= 11 is 1.34. The highest BCUT2D eigenvalue weighted by atomic mass is 32.1. The maximum absolute atomic E-state index is 11.8. The first-order valence-corrected chi connectivity index (χ1v) is 7.75. The van der Waals surface area contributed by atoms with Crippen molar-refractivity contribution in [2.45, 2.75) is 19.4 Å². The third-order valence-electron chi connectivity index (χ3n) is 2.84. The number of rotatable bonds is 6. The van der Waals surface area contributed by atoms with Gasteiger partial charge >= 0.3 is 0 Å². The maximum Gasteiger partial charge on any atom is 0.269 e. The number of nitro benzene ring substituents is 1. The van der Waals surface area contributed by atoms with E-state index in [1.807, 2.05) is 12.3 Å². The second kappa shape index (κ2) is 7.61. The first-order valence-electron chi connectivity index (χ1n) is 6.87. The summed E-state index contributed by atoms with van der Waals surface area (Å²) in [6, 6.07) is 5.94. The number of nitro groups is 1. The lowest BCUT2D eigenvalue weighted by Crippen LogP contribution is -2.18. The summed E-state index contributed by atoms with van der Waals surface area (Å²) < 4.78 is 0. The van der Waals surface area contributed by atoms with Gasteiger partial charge in [-0.3, -0.25) is 20.2 Å². The number of carbonyl (C=O) groups excluding carboxylic acids is 1. The minimum atomic E-state index is -0.470. The van der Waals surface area contributed by atoms with Gasteiger partial charge in [0.05, 0.1) is 10.6 Å². The van der Waals surface area contributed by atoms with Crippen molar-refractivity contribution < 1.29 is 9.72 Å². The van der Waals surface area contributed by atoms with Crippen LogP contribution in [-0.2, 0) is 11.2 Å². The third-order valence-corrected chi connectivity index (χ3v) is 3.65. The highest BCUT2D eigenvalue weighted by Crippen LogP contribution is 2.17. The Hall–Kier alpha value is -2.58. The van der Waals surface area contributed by atoms with Gasteiger partial charge in [-0.15, -0.1) is 11.3 Å². The smallest absolute Gasteiger partial charge is 0.269 e. The number of aromatic nitrogens is 1. The Morgan fingerprint density at radius 1 is 1.48 bits per heavy atom. The molecule has 1 aromatic heterocycles. The average Bonchev–Trinajstić information content (AvgIpc) is 2.91. The predicted molar refractivity (Wildman–Crippen MR) is 90.2 cm³/mol. The van der Waals surface area contributed by atoms with E-state index in [4.69, 9.17) is 5.73 Å². The van der Waals surface area contributed by atoms with Crippen LogP contribution >= 0.6 is 11.3 Å². The van der Waals surface area contributed by atoms with Crippen LogP contribution in [0.15, 0.2) is 35.7 Å². The minimum absolute atomic E-state index is 0.0102. The lowest BCUT2D eigenvalue weighted by atomic mass is 10.2. The number of nitrogens with two attached hydrogens (primary N) is 1. The maximum atomic E-state index is 11.8. The molecule has 120 valence electrons. The van der Waals surface area contributed by atoms with Gasteiger partial charge in [0, 0.05) is 36.1 Å². The van der Waals surface area contributed by atoms with Gasteiger partial charge in [0.25, 0.3) is 5.69 Å². The normalized spacial score (nSPS) is 12.3. The number of non-ortho nitro benzene ring substituents is 1. The Morgan fingerprint density at radius 3 is 2.78 bits per heavy atom. The second-order valence-corrected chi connectivity index (χ2v) is 5.85. The molecule has 2 aromatic rings. The number of anilines is 1. The van der Waals surface area contributed by atoms with E-state index in [-0.39, 0.29) is 17.6 Å². The molecule has 0 spiro atoms. The van der Waals surface area contributed by atoms with Crippen molar-refractivity contribution in [3.05, 3.63) is 57.1 Å². The quantitative estimate of drug-likeness (QED) is 0.480. The Bertz CT molecular complexity index is 723. The molecule has 0 aliphatic heterocycles. The van der Waals surface area contributed by atoms with Crippen LogP contribution in [-0.4, -0.2) is 21.9 Å². The number of nitrogens with one attached hydrogen (secondary N) is 1. The molecule has 1 atom stereocenters. The molecular weight excluding hydrogens is 316 g/mol. The van der Waals surface area contributed by atoms with Crippen LogP contribution in [0.3, 0.4) is 0 Å². The van der Waals surface area contributed by atoms with Gasteiger partial charge in [0.15, 0.2) is 5.13 Å². The van der Waals surface area contributed by atoms with Crippen LogP contribution in [0.2, 0.25) is 0 Å². The summed E-state index contributed by atoms with van der Waals surface area (Å²) in [7, 11) is 0. The van der Waals surface area contributed by atoms with E-state index < -0.39 is 4.92 Å². The van der Waals surface area contributed by atoms with Crippen molar-refractivity contribution >= 4 is 34.1 Å². The van der Waals surface area contributed by atoms with E-state index in [1.54, 1.807) is 18.2 Å². The number of amides is 1. The highest BCUT2D eigenvalue weighted by Gasteiger charge is 2.06. The minimum Gasteiger partial charge on any atom is -0.328 e. The van der Waals surface area contributed by atoms with Crippen LogP contribution in [0, 0.1) is 10.1 Å². The molecule has 8 heteroatoms. The summed E-state index contributed by atoms with van der Waals surface area (Å²) in [5.74, 6) is -0.315. The Morgan fingerprint density at radius 2 is 2.17 bits per heavy atom. The summed E-state index contributed by atoms with van der Waals surface area (Å²) in [6.45, 7) is 1.89. The lowest BCUT2D eigenvalue weighted by molar-refractivity contribution is -0.384. The van der Waals surface area contributed by atoms with Crippen molar-refractivity contribution in [1.29, 1.82) is 0 Å². The molecule has 0 fully saturated rings. The van der Waals surface area contributed by atoms with Crippen LogP contribution in [0.5, 0.6) is 0 Å². The SMILES string of the molecule is CC(N)Cc1csc(NC(=O)/C=C/c2ccc([N+](=O)[O-])cc2)n1. The third kappa shape index (κ3) is 5.28. The highest BCUT2D eigenvalue weighted by molar-refractivity contribution is 7.13. The summed E-state index contributed by atoms with van der Waals surface area (Å²) in [6.07, 6.45) is 3.59. The van der Waals surface area contributed by atoms with Gasteiger partial charge in [-0.25, -0.2) is 4.98 Å². The standard InChI is InChI=1S/C15H16N4O3S/c1-10(16)8-12-9-23-15(17-12)18-14(20)7-4-11-2-5-13(6-3-11)19(21)22/h2-7,9-10H,8,16H2,1H3,(H,17,18,20)/b7-4+. The van der Waals surface area contributed by atoms with E-state index in [9.17, 15) is 14.9 Å². The van der Waals surface area contributed by atoms with Crippen molar-refractivity contribution in [1.82, 2.24) is 4.98 Å². The lowest BCUT2D eigenvalue weighted by Gasteiger charge is -2.00. The van der Waals surface area contributed by atoms with E-state index in [1.165, 1.54) is 29.5 Å². The van der Waals surface area contributed by atoms with Crippen LogP contribution in [0.1, 0.15) is 18.2 Å². The Balaban J connectivity index is 1.93. The molecule has 0 saturated heterocycles. The zero-order valence-electron chi connectivity index (χ0n) is 12.4. The molecule has 1 aromatic carbocycles. The van der Waals surface area contributed by atoms with Gasteiger partial charge in [-0.1, -0.05) is 0 Å². The predicted octanol–water partition coefficient (Wildman–Crippen LogP) is 2.59. The molecule has 0 bridgehead atoms. The molecule has 7 nitrogen and oxygen atoms in total. The van der Waals surface area contributed by atoms with E-state index in [0.717, 1.165) is 5.69 Å². The largest absolute Gasteiger partial charge is 0.328 e. The van der Waals surface area contributed by atoms with Crippen molar-refractivity contribution in [2.24, 2.45) is 5.73 Å². The number of hydrogen-bond donors (Lipinski definition) is 2. The van der Waals surface area contributed by atoms with Crippen LogP contribution in [0.25, 0.3) is 6.08 Å². The Labute approximate surface area is 137 Å².